The van der Waals surface area contributed by atoms with Crippen LogP contribution in [0.3, 0.4) is 0 Å². The van der Waals surface area contributed by atoms with E-state index < -0.39 is 4.92 Å². The quantitative estimate of drug-likeness (QED) is 0.612. The molecule has 100 valence electrons. The molecular formula is C12H13FN4O2. The van der Waals surface area contributed by atoms with Crippen LogP contribution in [-0.4, -0.2) is 26.7 Å². The van der Waals surface area contributed by atoms with Gasteiger partial charge in [-0.25, -0.2) is 4.39 Å². The predicted molar refractivity (Wildman–Crippen MR) is 66.7 cm³/mol. The van der Waals surface area contributed by atoms with E-state index in [1.54, 1.807) is 30.1 Å². The standard InChI is InChI=1S/C12H13FN4O2/c1-15(8-10-4-2-3-5-11(10)13)9-16-12(17(18)19)6-7-14-16/h2-7H,8-9H2,1H3. The van der Waals surface area contributed by atoms with E-state index in [9.17, 15) is 14.5 Å². The molecule has 0 aliphatic heterocycles. The normalized spacial score (nSPS) is 10.9. The average molecular weight is 264 g/mol. The summed E-state index contributed by atoms with van der Waals surface area (Å²) in [5.74, 6) is -0.371. The van der Waals surface area contributed by atoms with Crippen molar-refractivity contribution in [2.45, 2.75) is 13.2 Å². The lowest BCUT2D eigenvalue weighted by molar-refractivity contribution is -0.393. The van der Waals surface area contributed by atoms with Crippen LogP contribution in [0.25, 0.3) is 0 Å². The van der Waals surface area contributed by atoms with Gasteiger partial charge in [0.05, 0.1) is 12.3 Å². The third kappa shape index (κ3) is 3.14. The van der Waals surface area contributed by atoms with E-state index in [1.807, 2.05) is 0 Å². The van der Waals surface area contributed by atoms with Gasteiger partial charge in [0.2, 0.25) is 0 Å². The van der Waals surface area contributed by atoms with Crippen LogP contribution in [-0.2, 0) is 13.2 Å². The molecule has 0 saturated carbocycles. The van der Waals surface area contributed by atoms with E-state index in [0.717, 1.165) is 0 Å². The first-order chi connectivity index (χ1) is 9.08. The fourth-order valence-electron chi connectivity index (χ4n) is 1.79. The van der Waals surface area contributed by atoms with Crippen LogP contribution in [0.15, 0.2) is 36.5 Å². The van der Waals surface area contributed by atoms with Gasteiger partial charge in [0, 0.05) is 12.1 Å². The van der Waals surface area contributed by atoms with Gasteiger partial charge >= 0.3 is 5.82 Å². The first-order valence-corrected chi connectivity index (χ1v) is 5.66. The molecule has 19 heavy (non-hydrogen) atoms. The molecule has 0 amide bonds. The van der Waals surface area contributed by atoms with Crippen LogP contribution in [0.2, 0.25) is 0 Å². The van der Waals surface area contributed by atoms with E-state index in [-0.39, 0.29) is 18.3 Å². The van der Waals surface area contributed by atoms with Gasteiger partial charge in [-0.05, 0) is 18.0 Å². The van der Waals surface area contributed by atoms with Gasteiger partial charge in [0.15, 0.2) is 6.67 Å². The third-order valence-corrected chi connectivity index (χ3v) is 2.65. The molecule has 1 aromatic heterocycles. The summed E-state index contributed by atoms with van der Waals surface area (Å²) >= 11 is 0. The number of benzene rings is 1. The minimum absolute atomic E-state index is 0.0830. The van der Waals surface area contributed by atoms with Crippen LogP contribution >= 0.6 is 0 Å². The van der Waals surface area contributed by atoms with Crippen molar-refractivity contribution in [1.82, 2.24) is 14.7 Å². The Balaban J connectivity index is 2.06. The molecule has 2 aromatic rings. The van der Waals surface area contributed by atoms with Gasteiger partial charge < -0.3 is 10.1 Å². The molecule has 0 fully saturated rings. The zero-order valence-electron chi connectivity index (χ0n) is 10.4. The zero-order valence-corrected chi connectivity index (χ0v) is 10.4. The second-order valence-corrected chi connectivity index (χ2v) is 4.19. The van der Waals surface area contributed by atoms with Crippen LogP contribution in [0.1, 0.15) is 5.56 Å². The Morgan fingerprint density at radius 1 is 1.42 bits per heavy atom. The minimum Gasteiger partial charge on any atom is -0.358 e. The maximum absolute atomic E-state index is 13.5. The van der Waals surface area contributed by atoms with Crippen LogP contribution in [0.5, 0.6) is 0 Å². The highest BCUT2D eigenvalue weighted by molar-refractivity contribution is 5.18. The predicted octanol–water partition coefficient (Wildman–Crippen LogP) is 2.02. The summed E-state index contributed by atoms with van der Waals surface area (Å²) in [5.41, 5.74) is 0.541. The van der Waals surface area contributed by atoms with Gasteiger partial charge in [0.25, 0.3) is 0 Å². The Morgan fingerprint density at radius 3 is 2.84 bits per heavy atom. The molecule has 7 heteroatoms. The van der Waals surface area contributed by atoms with Crippen molar-refractivity contribution in [3.05, 3.63) is 58.0 Å². The van der Waals surface area contributed by atoms with Crippen molar-refractivity contribution in [1.29, 1.82) is 0 Å². The van der Waals surface area contributed by atoms with Crippen LogP contribution < -0.4 is 0 Å². The Kier molecular flexibility index (Phi) is 3.86. The number of nitro groups is 1. The largest absolute Gasteiger partial charge is 0.358 e. The molecule has 0 atom stereocenters. The lowest BCUT2D eigenvalue weighted by atomic mass is 10.2. The van der Waals surface area contributed by atoms with Crippen molar-refractivity contribution >= 4 is 5.82 Å². The van der Waals surface area contributed by atoms with E-state index in [4.69, 9.17) is 0 Å². The molecule has 2 rings (SSSR count). The Bertz CT molecular complexity index is 585. The smallest absolute Gasteiger partial charge is 0.346 e. The lowest BCUT2D eigenvalue weighted by Crippen LogP contribution is -2.23. The van der Waals surface area contributed by atoms with E-state index >= 15 is 0 Å². The topological polar surface area (TPSA) is 64.2 Å². The van der Waals surface area contributed by atoms with Crippen LogP contribution in [0, 0.1) is 15.9 Å². The number of rotatable bonds is 5. The molecular weight excluding hydrogens is 251 g/mol. The minimum atomic E-state index is -0.496. The highest BCUT2D eigenvalue weighted by Gasteiger charge is 2.16. The summed E-state index contributed by atoms with van der Waals surface area (Å²) in [6, 6.07) is 7.78. The molecule has 0 saturated heterocycles. The van der Waals surface area contributed by atoms with Gasteiger partial charge in [-0.2, -0.15) is 0 Å². The molecule has 6 nitrogen and oxygen atoms in total. The summed E-state index contributed by atoms with van der Waals surface area (Å²) in [7, 11) is 1.75. The maximum Gasteiger partial charge on any atom is 0.346 e. The van der Waals surface area contributed by atoms with Crippen molar-refractivity contribution in [3.8, 4) is 0 Å². The van der Waals surface area contributed by atoms with Crippen molar-refractivity contribution in [2.75, 3.05) is 7.05 Å². The first-order valence-electron chi connectivity index (χ1n) is 5.66. The Labute approximate surface area is 109 Å². The highest BCUT2D eigenvalue weighted by atomic mass is 19.1. The molecule has 0 unspecified atom stereocenters. The van der Waals surface area contributed by atoms with Crippen molar-refractivity contribution < 1.29 is 9.31 Å². The lowest BCUT2D eigenvalue weighted by Gasteiger charge is -2.14. The van der Waals surface area contributed by atoms with E-state index in [1.165, 1.54) is 23.0 Å². The van der Waals surface area contributed by atoms with Crippen LogP contribution in [0.4, 0.5) is 10.2 Å². The Hall–Kier alpha value is -2.28. The summed E-state index contributed by atoms with van der Waals surface area (Å²) < 4.78 is 14.7. The van der Waals surface area contributed by atoms with Gasteiger partial charge in [-0.15, -0.1) is 4.68 Å². The first kappa shape index (κ1) is 13.2. The van der Waals surface area contributed by atoms with Gasteiger partial charge in [-0.3, -0.25) is 4.90 Å². The second kappa shape index (κ2) is 5.57. The summed E-state index contributed by atoms with van der Waals surface area (Å²) in [6.07, 6.45) is 1.37. The summed E-state index contributed by atoms with van der Waals surface area (Å²) in [5, 5.41) is 14.6. The fraction of sp³-hybridized carbons (Fsp3) is 0.250. The molecule has 0 bridgehead atoms. The Morgan fingerprint density at radius 2 is 2.16 bits per heavy atom. The van der Waals surface area contributed by atoms with E-state index in [2.05, 4.69) is 5.10 Å². The second-order valence-electron chi connectivity index (χ2n) is 4.19. The number of nitrogens with zero attached hydrogens (tertiary/aromatic N) is 4. The van der Waals surface area contributed by atoms with E-state index in [0.29, 0.717) is 12.1 Å². The molecule has 1 aromatic carbocycles. The molecule has 1 heterocycles. The molecule has 0 aliphatic rings. The summed E-state index contributed by atoms with van der Waals surface area (Å²) in [6.45, 7) is 0.571. The third-order valence-electron chi connectivity index (χ3n) is 2.65. The molecule has 0 N–H and O–H groups in total. The molecule has 0 spiro atoms. The van der Waals surface area contributed by atoms with Crippen molar-refractivity contribution in [3.63, 3.8) is 0 Å². The number of hydrogen-bond acceptors (Lipinski definition) is 4. The fourth-order valence-corrected chi connectivity index (χ4v) is 1.79. The number of hydrogen-bond donors (Lipinski definition) is 0. The molecule has 0 radical (unpaired) electrons. The van der Waals surface area contributed by atoms with Gasteiger partial charge in [-0.1, -0.05) is 23.3 Å². The van der Waals surface area contributed by atoms with Crippen molar-refractivity contribution in [2.24, 2.45) is 0 Å². The number of halogens is 1. The maximum atomic E-state index is 13.5. The SMILES string of the molecule is CN(Cc1ccccc1F)Cn1nccc1[N+](=O)[O-]. The number of aromatic nitrogens is 2. The zero-order chi connectivity index (χ0) is 13.8. The highest BCUT2D eigenvalue weighted by Crippen LogP contribution is 2.12. The van der Waals surface area contributed by atoms with Gasteiger partial charge in [0.1, 0.15) is 5.82 Å². The summed E-state index contributed by atoms with van der Waals surface area (Å²) in [4.78, 5) is 12.0. The monoisotopic (exact) mass is 264 g/mol. The molecule has 0 aliphatic carbocycles. The average Bonchev–Trinajstić information content (AvgIpc) is 2.80.